The number of benzene rings is 2. The zero-order valence-electron chi connectivity index (χ0n) is 15.3. The Morgan fingerprint density at radius 2 is 1.67 bits per heavy atom. The second-order valence-electron chi connectivity index (χ2n) is 5.73. The van der Waals surface area contributed by atoms with Crippen molar-refractivity contribution in [1.82, 2.24) is 9.78 Å². The Labute approximate surface area is 159 Å². The summed E-state index contributed by atoms with van der Waals surface area (Å²) >= 11 is 0. The van der Waals surface area contributed by atoms with Gasteiger partial charge >= 0.3 is 0 Å². The van der Waals surface area contributed by atoms with Crippen LogP contribution >= 0.6 is 0 Å². The zero-order valence-corrected chi connectivity index (χ0v) is 16.1. The number of rotatable bonds is 5. The number of hydrogen-bond acceptors (Lipinski definition) is 3. The first-order chi connectivity index (χ1) is 12.8. The first kappa shape index (κ1) is 20.4. The highest BCUT2D eigenvalue weighted by Crippen LogP contribution is 2.30. The molecule has 0 atom stereocenters. The molecule has 3 aromatic rings. The molecule has 0 N–H and O–H groups in total. The fourth-order valence-electron chi connectivity index (χ4n) is 2.33. The maximum Gasteiger partial charge on any atom is 0.238 e. The van der Waals surface area contributed by atoms with Crippen molar-refractivity contribution in [1.29, 1.82) is 0 Å². The second kappa shape index (κ2) is 9.14. The molecule has 0 aliphatic rings. The Morgan fingerprint density at radius 3 is 2.15 bits per heavy atom. The lowest BCUT2D eigenvalue weighted by molar-refractivity contribution is 0.597. The monoisotopic (exact) mass is 387 g/mol. The van der Waals surface area contributed by atoms with Gasteiger partial charge in [0.15, 0.2) is 0 Å². The standard InChI is InChI=1S/C14H17N3O2S.C6H5F/c1-4-10-20(18,19)17(3)13-11-16(2)15-14(13)12-8-6-5-7-9-12;7-6-4-2-1-3-5-6/h4-9,11H,1,10H2,2-3H3;1-5H. The van der Waals surface area contributed by atoms with Crippen LogP contribution in [0, 0.1) is 5.82 Å². The first-order valence-corrected chi connectivity index (χ1v) is 9.83. The zero-order chi connectivity index (χ0) is 19.9. The Hall–Kier alpha value is -2.93. The highest BCUT2D eigenvalue weighted by Gasteiger charge is 2.22. The number of sulfonamides is 1. The molecule has 0 saturated carbocycles. The molecule has 0 radical (unpaired) electrons. The molecule has 5 nitrogen and oxygen atoms in total. The van der Waals surface area contributed by atoms with Gasteiger partial charge < -0.3 is 0 Å². The van der Waals surface area contributed by atoms with Gasteiger partial charge in [-0.25, -0.2) is 12.8 Å². The van der Waals surface area contributed by atoms with Gasteiger partial charge in [0.25, 0.3) is 0 Å². The Morgan fingerprint density at radius 1 is 1.11 bits per heavy atom. The highest BCUT2D eigenvalue weighted by molar-refractivity contribution is 7.92. The molecular weight excluding hydrogens is 365 g/mol. The van der Waals surface area contributed by atoms with E-state index in [1.165, 1.54) is 29.6 Å². The van der Waals surface area contributed by atoms with E-state index in [0.717, 1.165) is 5.56 Å². The van der Waals surface area contributed by atoms with E-state index in [-0.39, 0.29) is 11.6 Å². The summed E-state index contributed by atoms with van der Waals surface area (Å²) in [5, 5.41) is 4.36. The van der Waals surface area contributed by atoms with Crippen molar-refractivity contribution in [2.45, 2.75) is 0 Å². The van der Waals surface area contributed by atoms with E-state index in [2.05, 4.69) is 11.7 Å². The minimum Gasteiger partial charge on any atom is -0.273 e. The van der Waals surface area contributed by atoms with Gasteiger partial charge in [-0.1, -0.05) is 54.6 Å². The van der Waals surface area contributed by atoms with E-state index in [9.17, 15) is 12.8 Å². The predicted octanol–water partition coefficient (Wildman–Crippen LogP) is 3.86. The lowest BCUT2D eigenvalue weighted by atomic mass is 10.1. The molecule has 2 aromatic carbocycles. The molecule has 0 bridgehead atoms. The van der Waals surface area contributed by atoms with Gasteiger partial charge in [-0.2, -0.15) is 5.10 Å². The average Bonchev–Trinajstić information content (AvgIpc) is 3.04. The van der Waals surface area contributed by atoms with Crippen molar-refractivity contribution in [3.63, 3.8) is 0 Å². The summed E-state index contributed by atoms with van der Waals surface area (Å²) < 4.78 is 39.1. The van der Waals surface area contributed by atoms with Gasteiger partial charge in [-0.15, -0.1) is 6.58 Å². The summed E-state index contributed by atoms with van der Waals surface area (Å²) in [6, 6.07) is 17.4. The number of aromatic nitrogens is 2. The second-order valence-corrected chi connectivity index (χ2v) is 7.78. The third-order valence-corrected chi connectivity index (χ3v) is 5.36. The molecule has 0 aliphatic carbocycles. The van der Waals surface area contributed by atoms with Crippen LogP contribution in [0.25, 0.3) is 11.3 Å². The Balaban J connectivity index is 0.000000313. The SMILES string of the molecule is C=CCS(=O)(=O)N(C)c1cn(C)nc1-c1ccccc1.Fc1ccccc1. The van der Waals surface area contributed by atoms with E-state index in [1.807, 2.05) is 30.3 Å². The van der Waals surface area contributed by atoms with Crippen LogP contribution in [0.2, 0.25) is 0 Å². The number of halogens is 1. The van der Waals surface area contributed by atoms with Gasteiger partial charge in [0.05, 0.1) is 11.4 Å². The summed E-state index contributed by atoms with van der Waals surface area (Å²) in [5.41, 5.74) is 2.08. The number of hydrogen-bond donors (Lipinski definition) is 0. The van der Waals surface area contributed by atoms with Gasteiger partial charge in [0, 0.05) is 25.9 Å². The molecule has 0 spiro atoms. The van der Waals surface area contributed by atoms with Crippen LogP contribution in [-0.2, 0) is 17.1 Å². The maximum absolute atomic E-state index is 12.1. The van der Waals surface area contributed by atoms with Crippen LogP contribution < -0.4 is 4.31 Å². The lowest BCUT2D eigenvalue weighted by Crippen LogP contribution is -2.28. The topological polar surface area (TPSA) is 55.2 Å². The summed E-state index contributed by atoms with van der Waals surface area (Å²) in [6.07, 6.45) is 3.08. The van der Waals surface area contributed by atoms with Gasteiger partial charge in [0.2, 0.25) is 10.0 Å². The van der Waals surface area contributed by atoms with E-state index >= 15 is 0 Å². The van der Waals surface area contributed by atoms with E-state index in [0.29, 0.717) is 11.4 Å². The van der Waals surface area contributed by atoms with Gasteiger partial charge in [-0.3, -0.25) is 8.99 Å². The van der Waals surface area contributed by atoms with Gasteiger partial charge in [-0.05, 0) is 12.1 Å². The van der Waals surface area contributed by atoms with Crippen LogP contribution in [-0.4, -0.2) is 31.0 Å². The van der Waals surface area contributed by atoms with Crippen molar-refractivity contribution in [2.24, 2.45) is 7.05 Å². The molecule has 3 rings (SSSR count). The van der Waals surface area contributed by atoms with Crippen LogP contribution in [0.3, 0.4) is 0 Å². The largest absolute Gasteiger partial charge is 0.273 e. The normalized spacial score (nSPS) is 10.6. The number of nitrogens with zero attached hydrogens (tertiary/aromatic N) is 3. The molecule has 142 valence electrons. The van der Waals surface area contributed by atoms with Crippen LogP contribution in [0.4, 0.5) is 10.1 Å². The van der Waals surface area contributed by atoms with Crippen molar-refractivity contribution in [3.8, 4) is 11.3 Å². The lowest BCUT2D eigenvalue weighted by Gasteiger charge is -2.18. The molecule has 0 amide bonds. The minimum absolute atomic E-state index is 0.105. The van der Waals surface area contributed by atoms with Crippen LogP contribution in [0.15, 0.2) is 79.5 Å². The summed E-state index contributed by atoms with van der Waals surface area (Å²) in [4.78, 5) is 0. The Kier molecular flexibility index (Phi) is 6.90. The fraction of sp³-hybridized carbons (Fsp3) is 0.150. The third kappa shape index (κ3) is 5.52. The van der Waals surface area contributed by atoms with E-state index < -0.39 is 10.0 Å². The molecule has 0 fully saturated rings. The predicted molar refractivity (Wildman–Crippen MR) is 107 cm³/mol. The van der Waals surface area contributed by atoms with Crippen LogP contribution in [0.5, 0.6) is 0 Å². The molecule has 0 aliphatic heterocycles. The quantitative estimate of drug-likeness (QED) is 0.625. The third-order valence-electron chi connectivity index (χ3n) is 3.67. The van der Waals surface area contributed by atoms with Crippen molar-refractivity contribution in [3.05, 3.63) is 85.3 Å². The molecule has 27 heavy (non-hydrogen) atoms. The molecule has 0 saturated heterocycles. The van der Waals surface area contributed by atoms with Crippen LogP contribution in [0.1, 0.15) is 0 Å². The number of aryl methyl sites for hydroxylation is 1. The summed E-state index contributed by atoms with van der Waals surface area (Å²) in [5.74, 6) is -0.283. The molecule has 7 heteroatoms. The summed E-state index contributed by atoms with van der Waals surface area (Å²) in [6.45, 7) is 3.48. The average molecular weight is 387 g/mol. The van der Waals surface area contributed by atoms with Crippen molar-refractivity contribution in [2.75, 3.05) is 17.1 Å². The number of anilines is 1. The summed E-state index contributed by atoms with van der Waals surface area (Å²) in [7, 11) is -0.121. The first-order valence-electron chi connectivity index (χ1n) is 8.22. The van der Waals surface area contributed by atoms with Crippen molar-refractivity contribution >= 4 is 15.7 Å². The molecular formula is C20H22FN3O2S. The van der Waals surface area contributed by atoms with E-state index in [1.54, 1.807) is 36.1 Å². The van der Waals surface area contributed by atoms with E-state index in [4.69, 9.17) is 0 Å². The van der Waals surface area contributed by atoms with Gasteiger partial charge in [0.1, 0.15) is 11.5 Å². The maximum atomic E-state index is 12.1. The minimum atomic E-state index is -3.42. The molecule has 1 aromatic heterocycles. The molecule has 1 heterocycles. The Bertz CT molecular complexity index is 971. The highest BCUT2D eigenvalue weighted by atomic mass is 32.2. The smallest absolute Gasteiger partial charge is 0.238 e. The van der Waals surface area contributed by atoms with Crippen molar-refractivity contribution < 1.29 is 12.8 Å². The molecule has 0 unspecified atom stereocenters. The fourth-order valence-corrected chi connectivity index (χ4v) is 3.29.